The van der Waals surface area contributed by atoms with Crippen LogP contribution < -0.4 is 5.32 Å². The summed E-state index contributed by atoms with van der Waals surface area (Å²) in [6.07, 6.45) is 4.76. The highest BCUT2D eigenvalue weighted by Gasteiger charge is 2.25. The van der Waals surface area contributed by atoms with Crippen LogP contribution in [0.2, 0.25) is 0 Å². The van der Waals surface area contributed by atoms with Gasteiger partial charge in [-0.25, -0.2) is 0 Å². The molecule has 8 nitrogen and oxygen atoms in total. The van der Waals surface area contributed by atoms with Crippen LogP contribution in [0.3, 0.4) is 0 Å². The van der Waals surface area contributed by atoms with Crippen molar-refractivity contribution >= 4 is 11.4 Å². The lowest BCUT2D eigenvalue weighted by molar-refractivity contribution is -0.384. The fourth-order valence-corrected chi connectivity index (χ4v) is 2.30. The molecule has 0 aliphatic heterocycles. The molecule has 0 amide bonds. The Morgan fingerprint density at radius 1 is 1.50 bits per heavy atom. The number of nitriles is 1. The van der Waals surface area contributed by atoms with Crippen LogP contribution in [0.4, 0.5) is 11.4 Å². The van der Waals surface area contributed by atoms with E-state index in [-0.39, 0.29) is 11.3 Å². The molecule has 0 saturated heterocycles. The smallest absolute Gasteiger partial charge is 0.270 e. The lowest BCUT2D eigenvalue weighted by Gasteiger charge is -2.08. The minimum Gasteiger partial charge on any atom is -0.384 e. The van der Waals surface area contributed by atoms with Gasteiger partial charge in [-0.1, -0.05) is 0 Å². The van der Waals surface area contributed by atoms with Gasteiger partial charge in [-0.15, -0.1) is 10.2 Å². The second-order valence-electron chi connectivity index (χ2n) is 5.16. The number of nitrogens with zero attached hydrogens (tertiary/aromatic N) is 5. The van der Waals surface area contributed by atoms with Crippen LogP contribution >= 0.6 is 0 Å². The minimum absolute atomic E-state index is 0.0874. The minimum atomic E-state index is -0.511. The second-order valence-corrected chi connectivity index (χ2v) is 5.16. The standard InChI is InChI=1S/C14H14N6O2/c15-8-10-7-12(20(21)22)3-4-13(10)16-6-5-14-18-17-9-19(14)11-1-2-11/h3-4,7,9,11,16H,1-2,5-6H2. The van der Waals surface area contributed by atoms with E-state index in [1.54, 1.807) is 12.4 Å². The molecule has 0 unspecified atom stereocenters. The van der Waals surface area contributed by atoms with Gasteiger partial charge in [0, 0.05) is 31.1 Å². The number of anilines is 1. The molecule has 1 fully saturated rings. The maximum Gasteiger partial charge on any atom is 0.270 e. The fourth-order valence-electron chi connectivity index (χ4n) is 2.30. The van der Waals surface area contributed by atoms with Gasteiger partial charge in [0.15, 0.2) is 0 Å². The van der Waals surface area contributed by atoms with E-state index in [0.717, 1.165) is 5.82 Å². The maximum absolute atomic E-state index is 10.7. The van der Waals surface area contributed by atoms with Crippen molar-refractivity contribution in [2.75, 3.05) is 11.9 Å². The second kappa shape index (κ2) is 5.81. The Balaban J connectivity index is 1.65. The predicted octanol–water partition coefficient (Wildman–Crippen LogP) is 2.05. The molecule has 1 N–H and O–H groups in total. The molecule has 112 valence electrons. The van der Waals surface area contributed by atoms with Gasteiger partial charge in [-0.2, -0.15) is 5.26 Å². The first kappa shape index (κ1) is 14.0. The van der Waals surface area contributed by atoms with Crippen LogP contribution in [0.25, 0.3) is 0 Å². The van der Waals surface area contributed by atoms with E-state index in [1.165, 1.54) is 25.0 Å². The normalized spacial score (nSPS) is 13.6. The van der Waals surface area contributed by atoms with E-state index in [2.05, 4.69) is 20.1 Å². The largest absolute Gasteiger partial charge is 0.384 e. The zero-order valence-electron chi connectivity index (χ0n) is 11.8. The first-order chi connectivity index (χ1) is 10.7. The van der Waals surface area contributed by atoms with Crippen molar-refractivity contribution in [3.05, 3.63) is 46.0 Å². The van der Waals surface area contributed by atoms with Gasteiger partial charge in [-0.3, -0.25) is 10.1 Å². The Kier molecular flexibility index (Phi) is 3.70. The molecule has 0 bridgehead atoms. The summed E-state index contributed by atoms with van der Waals surface area (Å²) in [5, 5.41) is 31.0. The lowest BCUT2D eigenvalue weighted by Crippen LogP contribution is -2.10. The van der Waals surface area contributed by atoms with Crippen LogP contribution in [0.1, 0.15) is 30.3 Å². The average Bonchev–Trinajstić information content (AvgIpc) is 3.26. The van der Waals surface area contributed by atoms with Crippen LogP contribution in [0, 0.1) is 21.4 Å². The van der Waals surface area contributed by atoms with Gasteiger partial charge in [0.25, 0.3) is 5.69 Å². The van der Waals surface area contributed by atoms with E-state index in [0.29, 0.717) is 24.7 Å². The fraction of sp³-hybridized carbons (Fsp3) is 0.357. The zero-order valence-corrected chi connectivity index (χ0v) is 11.8. The molecule has 3 rings (SSSR count). The molecule has 1 heterocycles. The van der Waals surface area contributed by atoms with Gasteiger partial charge in [0.05, 0.1) is 16.2 Å². The Morgan fingerprint density at radius 3 is 3.00 bits per heavy atom. The number of nitrogens with one attached hydrogen (secondary N) is 1. The molecule has 2 aromatic rings. The third kappa shape index (κ3) is 2.88. The SMILES string of the molecule is N#Cc1cc([N+](=O)[O-])ccc1NCCc1nncn1C1CC1. The molecule has 0 radical (unpaired) electrons. The van der Waals surface area contributed by atoms with Gasteiger partial charge >= 0.3 is 0 Å². The first-order valence-electron chi connectivity index (χ1n) is 7.00. The van der Waals surface area contributed by atoms with Gasteiger partial charge in [0.1, 0.15) is 18.2 Å². The van der Waals surface area contributed by atoms with Crippen LogP contribution in [0.5, 0.6) is 0 Å². The topological polar surface area (TPSA) is 110 Å². The van der Waals surface area contributed by atoms with Crippen molar-refractivity contribution in [2.45, 2.75) is 25.3 Å². The van der Waals surface area contributed by atoms with Crippen molar-refractivity contribution in [2.24, 2.45) is 0 Å². The van der Waals surface area contributed by atoms with Gasteiger partial charge in [-0.05, 0) is 18.9 Å². The molecule has 1 aliphatic carbocycles. The van der Waals surface area contributed by atoms with Crippen LogP contribution in [-0.4, -0.2) is 26.2 Å². The number of rotatable bonds is 6. The predicted molar refractivity (Wildman–Crippen MR) is 78.3 cm³/mol. The highest BCUT2D eigenvalue weighted by atomic mass is 16.6. The maximum atomic E-state index is 10.7. The number of aromatic nitrogens is 3. The Labute approximate surface area is 126 Å². The van der Waals surface area contributed by atoms with E-state index in [9.17, 15) is 10.1 Å². The molecule has 8 heteroatoms. The van der Waals surface area contributed by atoms with E-state index in [1.807, 2.05) is 6.07 Å². The molecular weight excluding hydrogens is 284 g/mol. The molecule has 0 spiro atoms. The van der Waals surface area contributed by atoms with Gasteiger partial charge in [0.2, 0.25) is 0 Å². The van der Waals surface area contributed by atoms with Crippen molar-refractivity contribution in [3.8, 4) is 6.07 Å². The Bertz CT molecular complexity index is 744. The molecule has 22 heavy (non-hydrogen) atoms. The number of hydrogen-bond donors (Lipinski definition) is 1. The lowest BCUT2D eigenvalue weighted by atomic mass is 10.1. The van der Waals surface area contributed by atoms with E-state index >= 15 is 0 Å². The van der Waals surface area contributed by atoms with Crippen LogP contribution in [-0.2, 0) is 6.42 Å². The summed E-state index contributed by atoms with van der Waals surface area (Å²) in [5.74, 6) is 0.912. The molecular formula is C14H14N6O2. The Morgan fingerprint density at radius 2 is 2.32 bits per heavy atom. The molecule has 1 saturated carbocycles. The van der Waals surface area contributed by atoms with E-state index in [4.69, 9.17) is 5.26 Å². The third-order valence-electron chi connectivity index (χ3n) is 3.59. The van der Waals surface area contributed by atoms with Crippen LogP contribution in [0.15, 0.2) is 24.5 Å². The number of nitro groups is 1. The quantitative estimate of drug-likeness (QED) is 0.645. The highest BCUT2D eigenvalue weighted by molar-refractivity contribution is 5.61. The third-order valence-corrected chi connectivity index (χ3v) is 3.59. The van der Waals surface area contributed by atoms with Gasteiger partial charge < -0.3 is 9.88 Å². The molecule has 1 aromatic heterocycles. The monoisotopic (exact) mass is 298 g/mol. The van der Waals surface area contributed by atoms with Crippen molar-refractivity contribution in [1.29, 1.82) is 5.26 Å². The number of hydrogen-bond acceptors (Lipinski definition) is 6. The summed E-state index contributed by atoms with van der Waals surface area (Å²) in [5.41, 5.74) is 0.763. The average molecular weight is 298 g/mol. The summed E-state index contributed by atoms with van der Waals surface area (Å²) in [6.45, 7) is 0.581. The summed E-state index contributed by atoms with van der Waals surface area (Å²) in [7, 11) is 0. The van der Waals surface area contributed by atoms with E-state index < -0.39 is 4.92 Å². The van der Waals surface area contributed by atoms with Crippen molar-refractivity contribution in [1.82, 2.24) is 14.8 Å². The summed E-state index contributed by atoms with van der Waals surface area (Å²) >= 11 is 0. The Hall–Kier alpha value is -2.95. The van der Waals surface area contributed by atoms with Crippen molar-refractivity contribution < 1.29 is 4.92 Å². The first-order valence-corrected chi connectivity index (χ1v) is 7.00. The molecule has 1 aliphatic rings. The number of non-ortho nitro benzene ring substituents is 1. The van der Waals surface area contributed by atoms with Crippen molar-refractivity contribution in [3.63, 3.8) is 0 Å². The summed E-state index contributed by atoms with van der Waals surface area (Å²) in [4.78, 5) is 10.2. The summed E-state index contributed by atoms with van der Waals surface area (Å²) in [6, 6.07) is 6.72. The molecule has 1 aromatic carbocycles. The highest BCUT2D eigenvalue weighted by Crippen LogP contribution is 2.35. The summed E-state index contributed by atoms with van der Waals surface area (Å²) < 4.78 is 2.09. The number of benzene rings is 1. The zero-order chi connectivity index (χ0) is 15.5. The number of nitro benzene ring substituents is 1. The molecule has 0 atom stereocenters.